The fraction of sp³-hybridized carbons (Fsp3) is 0. The molecule has 0 saturated heterocycles. The molecule has 4 heteroatoms. The summed E-state index contributed by atoms with van der Waals surface area (Å²) in [5.41, 5.74) is 8.06. The third kappa shape index (κ3) is 3.42. The molecule has 0 N–H and O–H groups in total. The first kappa shape index (κ1) is 21.7. The molecule has 0 saturated carbocycles. The van der Waals surface area contributed by atoms with Crippen molar-refractivity contribution in [1.29, 1.82) is 0 Å². The van der Waals surface area contributed by atoms with Crippen LogP contribution < -0.4 is 4.90 Å². The molecule has 0 radical (unpaired) electrons. The number of furan rings is 1. The number of rotatable bonds is 4. The van der Waals surface area contributed by atoms with Gasteiger partial charge in [-0.15, -0.1) is 0 Å². The Hall–Kier alpha value is -5.35. The molecule has 39 heavy (non-hydrogen) atoms. The van der Waals surface area contributed by atoms with Gasteiger partial charge in [-0.2, -0.15) is 0 Å². The highest BCUT2D eigenvalue weighted by Gasteiger charge is 2.18. The molecule has 3 heterocycles. The zero-order chi connectivity index (χ0) is 25.8. The third-order valence-corrected chi connectivity index (χ3v) is 7.42. The first-order valence-corrected chi connectivity index (χ1v) is 13.1. The first-order valence-electron chi connectivity index (χ1n) is 13.1. The smallest absolute Gasteiger partial charge is 0.227 e. The Morgan fingerprint density at radius 1 is 0.513 bits per heavy atom. The van der Waals surface area contributed by atoms with E-state index in [9.17, 15) is 0 Å². The molecular weight excluding hydrogens is 478 g/mol. The quantitative estimate of drug-likeness (QED) is 0.241. The summed E-state index contributed by atoms with van der Waals surface area (Å²) in [6.45, 7) is 0. The maximum Gasteiger partial charge on any atom is 0.227 e. The van der Waals surface area contributed by atoms with Crippen LogP contribution >= 0.6 is 0 Å². The lowest BCUT2D eigenvalue weighted by atomic mass is 10.1. The van der Waals surface area contributed by atoms with Gasteiger partial charge in [0.2, 0.25) is 5.71 Å². The lowest BCUT2D eigenvalue weighted by Gasteiger charge is -2.25. The topological polar surface area (TPSA) is 34.2 Å². The summed E-state index contributed by atoms with van der Waals surface area (Å²) >= 11 is 0. The molecule has 0 spiro atoms. The number of fused-ring (bicyclic) bond motifs is 6. The predicted octanol–water partition coefficient (Wildman–Crippen LogP) is 9.55. The van der Waals surface area contributed by atoms with Gasteiger partial charge in [0, 0.05) is 33.2 Å². The van der Waals surface area contributed by atoms with Crippen LogP contribution in [-0.4, -0.2) is 9.55 Å². The molecule has 4 nitrogen and oxygen atoms in total. The zero-order valence-electron chi connectivity index (χ0n) is 21.0. The number of hydrogen-bond acceptors (Lipinski definition) is 3. The van der Waals surface area contributed by atoms with Gasteiger partial charge in [0.15, 0.2) is 0 Å². The van der Waals surface area contributed by atoms with E-state index >= 15 is 0 Å². The number of anilines is 3. The fourth-order valence-corrected chi connectivity index (χ4v) is 5.72. The Bertz CT molecular complexity index is 2090. The molecule has 0 aliphatic heterocycles. The van der Waals surface area contributed by atoms with Gasteiger partial charge in [-0.05, 0) is 54.6 Å². The predicted molar refractivity (Wildman–Crippen MR) is 161 cm³/mol. The number of para-hydroxylation sites is 4. The van der Waals surface area contributed by atoms with Crippen LogP contribution in [0.5, 0.6) is 0 Å². The highest BCUT2D eigenvalue weighted by atomic mass is 16.3. The van der Waals surface area contributed by atoms with E-state index in [1.54, 1.807) is 0 Å². The van der Waals surface area contributed by atoms with E-state index in [0.29, 0.717) is 5.71 Å². The van der Waals surface area contributed by atoms with E-state index in [-0.39, 0.29) is 0 Å². The van der Waals surface area contributed by atoms with Crippen molar-refractivity contribution >= 4 is 60.9 Å². The molecule has 8 aromatic rings. The molecule has 0 atom stereocenters. The van der Waals surface area contributed by atoms with E-state index in [2.05, 4.69) is 119 Å². The van der Waals surface area contributed by atoms with Crippen LogP contribution in [0.25, 0.3) is 49.6 Å². The number of nitrogens with zero attached hydrogens (tertiary/aromatic N) is 3. The van der Waals surface area contributed by atoms with E-state index in [4.69, 9.17) is 9.40 Å². The highest BCUT2D eigenvalue weighted by molar-refractivity contribution is 6.09. The summed E-state index contributed by atoms with van der Waals surface area (Å²) in [4.78, 5) is 6.99. The standard InChI is InChI=1S/C35H23N3O/c1-2-11-24(12-3-1)37(27-22-31-30-17-6-9-20-34(30)39-35(31)36-23-27)25-13-10-14-26(21-25)38-32-18-7-4-15-28(32)29-16-5-8-19-33(29)38/h1-23H. The monoisotopic (exact) mass is 501 g/mol. The molecule has 0 fully saturated rings. The van der Waals surface area contributed by atoms with Crippen molar-refractivity contribution in [3.8, 4) is 5.69 Å². The number of aromatic nitrogens is 2. The normalized spacial score (nSPS) is 11.6. The van der Waals surface area contributed by atoms with Gasteiger partial charge in [0.25, 0.3) is 0 Å². The Morgan fingerprint density at radius 2 is 1.15 bits per heavy atom. The largest absolute Gasteiger partial charge is 0.438 e. The minimum absolute atomic E-state index is 0.645. The fourth-order valence-electron chi connectivity index (χ4n) is 5.72. The second-order valence-corrected chi connectivity index (χ2v) is 9.70. The second-order valence-electron chi connectivity index (χ2n) is 9.70. The van der Waals surface area contributed by atoms with Crippen molar-refractivity contribution in [2.24, 2.45) is 0 Å². The van der Waals surface area contributed by atoms with Crippen molar-refractivity contribution in [3.05, 3.63) is 140 Å². The summed E-state index contributed by atoms with van der Waals surface area (Å²) in [7, 11) is 0. The van der Waals surface area contributed by atoms with E-state index in [1.807, 2.05) is 30.5 Å². The lowest BCUT2D eigenvalue weighted by molar-refractivity contribution is 0.654. The van der Waals surface area contributed by atoms with Crippen molar-refractivity contribution in [2.45, 2.75) is 0 Å². The van der Waals surface area contributed by atoms with Gasteiger partial charge in [-0.3, -0.25) is 0 Å². The maximum absolute atomic E-state index is 6.02. The average molecular weight is 502 g/mol. The van der Waals surface area contributed by atoms with Gasteiger partial charge >= 0.3 is 0 Å². The highest BCUT2D eigenvalue weighted by Crippen LogP contribution is 2.39. The summed E-state index contributed by atoms with van der Waals surface area (Å²) < 4.78 is 8.37. The molecule has 5 aromatic carbocycles. The van der Waals surface area contributed by atoms with Crippen LogP contribution in [0, 0.1) is 0 Å². The number of benzene rings is 5. The molecule has 184 valence electrons. The number of hydrogen-bond donors (Lipinski definition) is 0. The van der Waals surface area contributed by atoms with Gasteiger partial charge in [0.05, 0.1) is 28.3 Å². The summed E-state index contributed by atoms with van der Waals surface area (Å²) in [6, 6.07) is 46.6. The van der Waals surface area contributed by atoms with Crippen LogP contribution in [-0.2, 0) is 0 Å². The van der Waals surface area contributed by atoms with Crippen molar-refractivity contribution in [1.82, 2.24) is 9.55 Å². The first-order chi connectivity index (χ1) is 19.3. The van der Waals surface area contributed by atoms with Crippen LogP contribution in [0.1, 0.15) is 0 Å². The van der Waals surface area contributed by atoms with Crippen LogP contribution in [0.4, 0.5) is 17.1 Å². The minimum Gasteiger partial charge on any atom is -0.438 e. The van der Waals surface area contributed by atoms with E-state index < -0.39 is 0 Å². The second kappa shape index (κ2) is 8.61. The molecule has 3 aromatic heterocycles. The van der Waals surface area contributed by atoms with Crippen LogP contribution in [0.2, 0.25) is 0 Å². The Balaban J connectivity index is 1.35. The molecular formula is C35H23N3O. The average Bonchev–Trinajstić information content (AvgIpc) is 3.54. The van der Waals surface area contributed by atoms with Crippen LogP contribution in [0.15, 0.2) is 144 Å². The lowest BCUT2D eigenvalue weighted by Crippen LogP contribution is -2.10. The van der Waals surface area contributed by atoms with Gasteiger partial charge in [-0.1, -0.05) is 78.9 Å². The molecule has 0 unspecified atom stereocenters. The Morgan fingerprint density at radius 3 is 1.92 bits per heavy atom. The summed E-state index contributed by atoms with van der Waals surface area (Å²) in [5.74, 6) is 0. The summed E-state index contributed by atoms with van der Waals surface area (Å²) in [5, 5.41) is 4.57. The maximum atomic E-state index is 6.02. The van der Waals surface area contributed by atoms with Crippen molar-refractivity contribution in [2.75, 3.05) is 4.90 Å². The molecule has 0 bridgehead atoms. The van der Waals surface area contributed by atoms with Crippen molar-refractivity contribution in [3.63, 3.8) is 0 Å². The van der Waals surface area contributed by atoms with Crippen LogP contribution in [0.3, 0.4) is 0 Å². The van der Waals surface area contributed by atoms with Crippen molar-refractivity contribution < 1.29 is 4.42 Å². The van der Waals surface area contributed by atoms with Gasteiger partial charge < -0.3 is 13.9 Å². The van der Waals surface area contributed by atoms with E-state index in [1.165, 1.54) is 21.8 Å². The summed E-state index contributed by atoms with van der Waals surface area (Å²) in [6.07, 6.45) is 1.89. The zero-order valence-corrected chi connectivity index (χ0v) is 21.0. The van der Waals surface area contributed by atoms with Gasteiger partial charge in [-0.25, -0.2) is 4.98 Å². The third-order valence-electron chi connectivity index (χ3n) is 7.42. The molecule has 0 aliphatic carbocycles. The molecule has 0 aliphatic rings. The SMILES string of the molecule is c1ccc(N(c2cccc(-n3c4ccccc4c4ccccc43)c2)c2cnc3oc4ccccc4c3c2)cc1. The van der Waals surface area contributed by atoms with E-state index in [0.717, 1.165) is 39.1 Å². The molecule has 8 rings (SSSR count). The Kier molecular flexibility index (Phi) is 4.79. The molecule has 0 amide bonds. The van der Waals surface area contributed by atoms with Gasteiger partial charge in [0.1, 0.15) is 5.58 Å². The Labute approximate surface area is 225 Å². The number of pyridine rings is 1. The minimum atomic E-state index is 0.645.